The highest BCUT2D eigenvalue weighted by Crippen LogP contribution is 2.29. The summed E-state index contributed by atoms with van der Waals surface area (Å²) in [7, 11) is 0. The van der Waals surface area contributed by atoms with Gasteiger partial charge in [-0.25, -0.2) is 4.79 Å². The van der Waals surface area contributed by atoms with Crippen molar-refractivity contribution < 1.29 is 14.3 Å². The van der Waals surface area contributed by atoms with Crippen molar-refractivity contribution in [3.63, 3.8) is 0 Å². The lowest BCUT2D eigenvalue weighted by Crippen LogP contribution is -2.53. The standard InChI is InChI=1S/C23H33N3O3/c1-23(2,3)29-22(27)26-14-12-25(13-15-26)20-8-4-19(5-9-20)17-28-21-10-6-18(16-24)7-11-21/h6-7,10-11,19-20H,4-5,8-9,12-15,17H2,1-3H3/t19-,20-. The van der Waals surface area contributed by atoms with Gasteiger partial charge in [0.05, 0.1) is 18.2 Å². The van der Waals surface area contributed by atoms with Crippen LogP contribution < -0.4 is 4.74 Å². The Bertz CT molecular complexity index is 704. The third kappa shape index (κ3) is 6.37. The first-order valence-electron chi connectivity index (χ1n) is 10.7. The van der Waals surface area contributed by atoms with Crippen LogP contribution in [-0.2, 0) is 4.74 Å². The Morgan fingerprint density at radius 2 is 1.69 bits per heavy atom. The van der Waals surface area contributed by atoms with Gasteiger partial charge in [0, 0.05) is 32.2 Å². The molecule has 2 aliphatic rings. The van der Waals surface area contributed by atoms with E-state index in [1.54, 1.807) is 12.1 Å². The maximum atomic E-state index is 12.2. The predicted molar refractivity (Wildman–Crippen MR) is 112 cm³/mol. The van der Waals surface area contributed by atoms with Gasteiger partial charge in [0.2, 0.25) is 0 Å². The highest BCUT2D eigenvalue weighted by Gasteiger charge is 2.31. The molecule has 0 unspecified atom stereocenters. The molecule has 1 saturated heterocycles. The molecule has 0 radical (unpaired) electrons. The van der Waals surface area contributed by atoms with Gasteiger partial charge in [0.15, 0.2) is 0 Å². The number of benzene rings is 1. The van der Waals surface area contributed by atoms with Crippen molar-refractivity contribution in [3.05, 3.63) is 29.8 Å². The van der Waals surface area contributed by atoms with Crippen LogP contribution in [-0.4, -0.2) is 60.3 Å². The second kappa shape index (κ2) is 9.49. The summed E-state index contributed by atoms with van der Waals surface area (Å²) in [5.74, 6) is 1.43. The van der Waals surface area contributed by atoms with Gasteiger partial charge in [-0.1, -0.05) is 0 Å². The van der Waals surface area contributed by atoms with Gasteiger partial charge < -0.3 is 14.4 Å². The number of carbonyl (C=O) groups is 1. The van der Waals surface area contributed by atoms with Crippen LogP contribution in [0.4, 0.5) is 4.79 Å². The van der Waals surface area contributed by atoms with Crippen LogP contribution in [0.2, 0.25) is 0 Å². The number of amides is 1. The molecule has 29 heavy (non-hydrogen) atoms. The molecule has 6 nitrogen and oxygen atoms in total. The number of nitrogens with zero attached hydrogens (tertiary/aromatic N) is 3. The van der Waals surface area contributed by atoms with Gasteiger partial charge in [0.1, 0.15) is 11.4 Å². The fourth-order valence-corrected chi connectivity index (χ4v) is 4.11. The zero-order valence-corrected chi connectivity index (χ0v) is 17.9. The van der Waals surface area contributed by atoms with Crippen molar-refractivity contribution in [1.29, 1.82) is 5.26 Å². The van der Waals surface area contributed by atoms with Gasteiger partial charge in [-0.15, -0.1) is 0 Å². The quantitative estimate of drug-likeness (QED) is 0.764. The molecule has 0 spiro atoms. The van der Waals surface area contributed by atoms with Gasteiger partial charge in [0.25, 0.3) is 0 Å². The van der Waals surface area contributed by atoms with Crippen LogP contribution in [0.25, 0.3) is 0 Å². The maximum absolute atomic E-state index is 12.2. The first-order valence-corrected chi connectivity index (χ1v) is 10.7. The van der Waals surface area contributed by atoms with Gasteiger partial charge in [-0.2, -0.15) is 5.26 Å². The third-order valence-electron chi connectivity index (χ3n) is 5.77. The molecule has 2 fully saturated rings. The number of carbonyl (C=O) groups excluding carboxylic acids is 1. The second-order valence-corrected chi connectivity index (χ2v) is 9.13. The average molecular weight is 400 g/mol. The molecule has 0 N–H and O–H groups in total. The molecular formula is C23H33N3O3. The fraction of sp³-hybridized carbons (Fsp3) is 0.652. The Balaban J connectivity index is 1.36. The zero-order chi connectivity index (χ0) is 20.9. The molecule has 0 bridgehead atoms. The molecule has 6 heteroatoms. The number of piperazine rings is 1. The summed E-state index contributed by atoms with van der Waals surface area (Å²) in [6.07, 6.45) is 4.53. The molecule has 0 atom stereocenters. The Labute approximate surface area is 174 Å². The Hall–Kier alpha value is -2.26. The summed E-state index contributed by atoms with van der Waals surface area (Å²) in [4.78, 5) is 16.6. The molecule has 1 saturated carbocycles. The Morgan fingerprint density at radius 3 is 2.24 bits per heavy atom. The van der Waals surface area contributed by atoms with E-state index in [0.717, 1.165) is 38.5 Å². The summed E-state index contributed by atoms with van der Waals surface area (Å²) in [6.45, 7) is 9.81. The van der Waals surface area contributed by atoms with E-state index in [9.17, 15) is 4.79 Å². The van der Waals surface area contributed by atoms with Crippen LogP contribution in [0.1, 0.15) is 52.0 Å². The monoisotopic (exact) mass is 399 g/mol. The van der Waals surface area contributed by atoms with E-state index < -0.39 is 5.60 Å². The van der Waals surface area contributed by atoms with Crippen molar-refractivity contribution in [2.24, 2.45) is 5.92 Å². The topological polar surface area (TPSA) is 65.8 Å². The van der Waals surface area contributed by atoms with E-state index in [2.05, 4.69) is 11.0 Å². The van der Waals surface area contributed by atoms with Gasteiger partial charge in [-0.05, 0) is 76.6 Å². The van der Waals surface area contributed by atoms with Crippen molar-refractivity contribution in [2.45, 2.75) is 58.1 Å². The lowest BCUT2D eigenvalue weighted by atomic mass is 9.85. The molecule has 158 valence electrons. The Kier molecular flexibility index (Phi) is 7.02. The minimum absolute atomic E-state index is 0.194. The van der Waals surface area contributed by atoms with Crippen molar-refractivity contribution in [2.75, 3.05) is 32.8 Å². The first-order chi connectivity index (χ1) is 13.8. The van der Waals surface area contributed by atoms with E-state index in [4.69, 9.17) is 14.7 Å². The van der Waals surface area contributed by atoms with Gasteiger partial charge in [-0.3, -0.25) is 4.90 Å². The molecule has 1 amide bonds. The zero-order valence-electron chi connectivity index (χ0n) is 17.9. The summed E-state index contributed by atoms with van der Waals surface area (Å²) < 4.78 is 11.4. The SMILES string of the molecule is CC(C)(C)OC(=O)N1CCN([C@H]2CC[C@H](COc3ccc(C#N)cc3)CC2)CC1. The fourth-order valence-electron chi connectivity index (χ4n) is 4.11. The highest BCUT2D eigenvalue weighted by molar-refractivity contribution is 5.68. The van der Waals surface area contributed by atoms with Crippen LogP contribution in [0, 0.1) is 17.2 Å². The average Bonchev–Trinajstić information content (AvgIpc) is 2.72. The van der Waals surface area contributed by atoms with E-state index in [0.29, 0.717) is 17.5 Å². The predicted octanol–water partition coefficient (Wildman–Crippen LogP) is 4.05. The number of nitriles is 1. The largest absolute Gasteiger partial charge is 0.493 e. The van der Waals surface area contributed by atoms with E-state index in [1.165, 1.54) is 25.7 Å². The number of ether oxygens (including phenoxy) is 2. The summed E-state index contributed by atoms with van der Waals surface area (Å²) in [6, 6.07) is 10.1. The van der Waals surface area contributed by atoms with E-state index in [-0.39, 0.29) is 6.09 Å². The Morgan fingerprint density at radius 1 is 1.07 bits per heavy atom. The second-order valence-electron chi connectivity index (χ2n) is 9.13. The molecule has 1 aliphatic carbocycles. The number of hydrogen-bond donors (Lipinski definition) is 0. The minimum Gasteiger partial charge on any atom is -0.493 e. The summed E-state index contributed by atoms with van der Waals surface area (Å²) in [5.41, 5.74) is 0.219. The van der Waals surface area contributed by atoms with Crippen LogP contribution in [0.5, 0.6) is 5.75 Å². The van der Waals surface area contributed by atoms with Crippen LogP contribution in [0.15, 0.2) is 24.3 Å². The van der Waals surface area contributed by atoms with Crippen molar-refractivity contribution >= 4 is 6.09 Å². The highest BCUT2D eigenvalue weighted by atomic mass is 16.6. The molecular weight excluding hydrogens is 366 g/mol. The normalized spacial score (nSPS) is 23.3. The molecule has 1 aromatic rings. The van der Waals surface area contributed by atoms with E-state index >= 15 is 0 Å². The number of hydrogen-bond acceptors (Lipinski definition) is 5. The van der Waals surface area contributed by atoms with Crippen molar-refractivity contribution in [1.82, 2.24) is 9.80 Å². The minimum atomic E-state index is -0.438. The summed E-state index contributed by atoms with van der Waals surface area (Å²) in [5, 5.41) is 8.86. The maximum Gasteiger partial charge on any atom is 0.410 e. The lowest BCUT2D eigenvalue weighted by Gasteiger charge is -2.42. The lowest BCUT2D eigenvalue weighted by molar-refractivity contribution is 0.00654. The first kappa shape index (κ1) is 21.4. The molecule has 1 heterocycles. The van der Waals surface area contributed by atoms with Gasteiger partial charge >= 0.3 is 6.09 Å². The van der Waals surface area contributed by atoms with Crippen molar-refractivity contribution in [3.8, 4) is 11.8 Å². The smallest absolute Gasteiger partial charge is 0.410 e. The third-order valence-corrected chi connectivity index (χ3v) is 5.77. The van der Waals surface area contributed by atoms with Crippen LogP contribution in [0.3, 0.4) is 0 Å². The molecule has 1 aromatic carbocycles. The molecule has 1 aliphatic heterocycles. The molecule has 0 aromatic heterocycles. The number of rotatable bonds is 4. The van der Waals surface area contributed by atoms with E-state index in [1.807, 2.05) is 37.8 Å². The molecule has 3 rings (SSSR count). The summed E-state index contributed by atoms with van der Waals surface area (Å²) >= 11 is 0. The van der Waals surface area contributed by atoms with Crippen LogP contribution >= 0.6 is 0 Å².